The highest BCUT2D eigenvalue weighted by molar-refractivity contribution is 9.10. The quantitative estimate of drug-likeness (QED) is 0.229. The highest BCUT2D eigenvalue weighted by Gasteiger charge is 2.58. The van der Waals surface area contributed by atoms with Crippen molar-refractivity contribution in [3.63, 3.8) is 0 Å². The largest absolute Gasteiger partial charge is 0.393 e. The lowest BCUT2D eigenvalue weighted by molar-refractivity contribution is -0.0164. The fourth-order valence-electron chi connectivity index (χ4n) is 8.64. The third-order valence-corrected chi connectivity index (χ3v) is 12.0. The molecule has 1 aromatic carbocycles. The number of pyridine rings is 1. The van der Waals surface area contributed by atoms with Crippen LogP contribution in [0.4, 0.5) is 0 Å². The van der Waals surface area contributed by atoms with E-state index in [0.29, 0.717) is 33.9 Å². The monoisotopic (exact) mass is 590 g/mol. The van der Waals surface area contributed by atoms with Crippen LogP contribution >= 0.6 is 27.7 Å². The van der Waals surface area contributed by atoms with E-state index in [2.05, 4.69) is 48.8 Å². The fraction of sp³-hybridized carbons (Fsp3) is 0.531. The summed E-state index contributed by atoms with van der Waals surface area (Å²) in [5.74, 6) is 2.04. The van der Waals surface area contributed by atoms with Crippen LogP contribution in [0.25, 0.3) is 0 Å². The predicted molar refractivity (Wildman–Crippen MR) is 154 cm³/mol. The first-order valence-electron chi connectivity index (χ1n) is 13.9. The van der Waals surface area contributed by atoms with Crippen LogP contribution in [-0.4, -0.2) is 27.7 Å². The summed E-state index contributed by atoms with van der Waals surface area (Å²) in [6.45, 7) is 6.98. The smallest absolute Gasteiger partial charge is 0.173 e. The molecule has 198 valence electrons. The number of ketones is 1. The number of thioether (sulfide) groups is 1. The van der Waals surface area contributed by atoms with Gasteiger partial charge in [-0.15, -0.1) is 0 Å². The summed E-state index contributed by atoms with van der Waals surface area (Å²) >= 11 is 4.82. The van der Waals surface area contributed by atoms with Gasteiger partial charge in [0.25, 0.3) is 0 Å². The molecule has 6 heteroatoms. The molecular weight excluding hydrogens is 556 g/mol. The third kappa shape index (κ3) is 4.03. The number of aliphatic hydroxyl groups is 1. The number of aliphatic hydroxyl groups excluding tert-OH is 1. The summed E-state index contributed by atoms with van der Waals surface area (Å²) in [6.07, 6.45) is 9.42. The van der Waals surface area contributed by atoms with Gasteiger partial charge < -0.3 is 5.11 Å². The van der Waals surface area contributed by atoms with Crippen molar-refractivity contribution in [2.75, 3.05) is 5.75 Å². The summed E-state index contributed by atoms with van der Waals surface area (Å²) in [4.78, 5) is 17.8. The summed E-state index contributed by atoms with van der Waals surface area (Å²) in [6, 6.07) is 9.94. The van der Waals surface area contributed by atoms with E-state index in [1.165, 1.54) is 34.9 Å². The topological polar surface area (TPSA) is 74.0 Å². The van der Waals surface area contributed by atoms with E-state index in [-0.39, 0.29) is 28.5 Å². The van der Waals surface area contributed by atoms with Crippen LogP contribution in [0.2, 0.25) is 0 Å². The van der Waals surface area contributed by atoms with Crippen molar-refractivity contribution in [1.29, 1.82) is 5.26 Å². The Morgan fingerprint density at radius 1 is 1.16 bits per heavy atom. The van der Waals surface area contributed by atoms with Crippen LogP contribution in [0.3, 0.4) is 0 Å². The maximum absolute atomic E-state index is 12.9. The number of Topliss-reactive ketones (excluding diaryl/α,β-unsaturated/α-hetero) is 1. The Hall–Kier alpha value is -1.94. The van der Waals surface area contributed by atoms with Gasteiger partial charge in [-0.05, 0) is 104 Å². The minimum absolute atomic E-state index is 0.0332. The van der Waals surface area contributed by atoms with Gasteiger partial charge in [-0.1, -0.05) is 65.3 Å². The van der Waals surface area contributed by atoms with Crippen LogP contribution in [0.15, 0.2) is 45.4 Å². The second kappa shape index (κ2) is 9.61. The normalized spacial score (nSPS) is 33.3. The van der Waals surface area contributed by atoms with Crippen LogP contribution in [0, 0.1) is 41.4 Å². The summed E-state index contributed by atoms with van der Waals surface area (Å²) in [5, 5.41) is 21.4. The molecule has 0 bridgehead atoms. The molecule has 6 atom stereocenters. The van der Waals surface area contributed by atoms with E-state index >= 15 is 0 Å². The second-order valence-corrected chi connectivity index (χ2v) is 14.3. The maximum Gasteiger partial charge on any atom is 0.173 e. The number of nitriles is 1. The summed E-state index contributed by atoms with van der Waals surface area (Å²) in [7, 11) is 0. The number of benzene rings is 1. The van der Waals surface area contributed by atoms with Crippen molar-refractivity contribution < 1.29 is 9.90 Å². The van der Waals surface area contributed by atoms with Crippen molar-refractivity contribution in [1.82, 2.24) is 4.98 Å². The number of aromatic nitrogens is 1. The number of allylic oxidation sites excluding steroid dienone is 1. The van der Waals surface area contributed by atoms with Gasteiger partial charge in [-0.25, -0.2) is 4.98 Å². The molecule has 0 unspecified atom stereocenters. The molecule has 6 rings (SSSR count). The molecule has 4 aliphatic carbocycles. The molecule has 1 aromatic heterocycles. The lowest BCUT2D eigenvalue weighted by Crippen LogP contribution is -2.51. The van der Waals surface area contributed by atoms with E-state index < -0.39 is 0 Å². The van der Waals surface area contributed by atoms with Crippen LogP contribution in [0.5, 0.6) is 0 Å². The Morgan fingerprint density at radius 3 is 2.63 bits per heavy atom. The van der Waals surface area contributed by atoms with Gasteiger partial charge in [0.05, 0.1) is 17.4 Å². The average molecular weight is 592 g/mol. The van der Waals surface area contributed by atoms with Crippen LogP contribution < -0.4 is 0 Å². The first-order valence-corrected chi connectivity index (χ1v) is 15.7. The second-order valence-electron chi connectivity index (χ2n) is 12.4. The number of hydrogen-bond donors (Lipinski definition) is 1. The molecule has 2 fully saturated rings. The molecule has 0 amide bonds. The number of rotatable bonds is 4. The standard InChI is InChI=1S/C32H35BrN2O2S/c1-18-29-24(25(16-34)30(35-18)38-17-28(37)19-4-7-21(33)8-5-19)15-27-23-9-6-20-14-22(36)10-12-31(20,2)26(23)11-13-32(27,29)3/h4-8,22-23,26-27,36H,9-15,17H2,1-3H3/t22-,23-,26+,27+,31-,32+/m0/s1. The molecule has 2 aromatic rings. The van der Waals surface area contributed by atoms with Gasteiger partial charge in [-0.2, -0.15) is 5.26 Å². The lowest BCUT2D eigenvalue weighted by Gasteiger charge is -2.57. The van der Waals surface area contributed by atoms with E-state index in [1.54, 1.807) is 0 Å². The Balaban J connectivity index is 1.31. The number of carbonyl (C=O) groups is 1. The Bertz CT molecular complexity index is 1380. The Kier molecular flexibility index (Phi) is 6.65. The highest BCUT2D eigenvalue weighted by Crippen LogP contribution is 2.64. The van der Waals surface area contributed by atoms with Gasteiger partial charge in [0.15, 0.2) is 5.78 Å². The number of aryl methyl sites for hydroxylation is 1. The highest BCUT2D eigenvalue weighted by atomic mass is 79.9. The van der Waals surface area contributed by atoms with Gasteiger partial charge in [-0.3, -0.25) is 4.79 Å². The molecule has 0 saturated heterocycles. The molecule has 0 spiro atoms. The zero-order valence-corrected chi connectivity index (χ0v) is 24.8. The summed E-state index contributed by atoms with van der Waals surface area (Å²) < 4.78 is 0.946. The maximum atomic E-state index is 12.9. The molecule has 1 N–H and O–H groups in total. The van der Waals surface area contributed by atoms with Crippen molar-refractivity contribution >= 4 is 33.5 Å². The molecule has 38 heavy (non-hydrogen) atoms. The number of fused-ring (bicyclic) bond motifs is 7. The van der Waals surface area contributed by atoms with Gasteiger partial charge in [0, 0.05) is 15.7 Å². The molecular formula is C32H35BrN2O2S. The average Bonchev–Trinajstić information content (AvgIpc) is 3.22. The number of halogens is 1. The van der Waals surface area contributed by atoms with Gasteiger partial charge >= 0.3 is 0 Å². The third-order valence-electron chi connectivity index (χ3n) is 10.5. The van der Waals surface area contributed by atoms with Crippen molar-refractivity contribution in [2.45, 2.75) is 82.3 Å². The summed E-state index contributed by atoms with van der Waals surface area (Å²) in [5.41, 5.74) is 6.59. The predicted octanol–water partition coefficient (Wildman–Crippen LogP) is 7.34. The molecule has 2 saturated carbocycles. The number of hydrogen-bond acceptors (Lipinski definition) is 5. The van der Waals surface area contributed by atoms with Gasteiger partial charge in [0.1, 0.15) is 11.1 Å². The first kappa shape index (κ1) is 26.3. The van der Waals surface area contributed by atoms with Crippen LogP contribution in [0.1, 0.15) is 85.1 Å². The molecule has 4 nitrogen and oxygen atoms in total. The van der Waals surface area contributed by atoms with Gasteiger partial charge in [0.2, 0.25) is 0 Å². The molecule has 0 aliphatic heterocycles. The van der Waals surface area contributed by atoms with Crippen molar-refractivity contribution in [2.24, 2.45) is 23.2 Å². The van der Waals surface area contributed by atoms with Crippen molar-refractivity contribution in [3.8, 4) is 6.07 Å². The van der Waals surface area contributed by atoms with Crippen LogP contribution in [-0.2, 0) is 11.8 Å². The minimum Gasteiger partial charge on any atom is -0.393 e. The lowest BCUT2D eigenvalue weighted by atomic mass is 9.47. The first-order chi connectivity index (χ1) is 18.2. The zero-order valence-electron chi connectivity index (χ0n) is 22.4. The Labute approximate surface area is 238 Å². The fourth-order valence-corrected chi connectivity index (χ4v) is 9.85. The zero-order chi connectivity index (χ0) is 26.8. The number of nitrogens with zero attached hydrogens (tertiary/aromatic N) is 2. The van der Waals surface area contributed by atoms with E-state index in [1.807, 2.05) is 24.3 Å². The number of carbonyl (C=O) groups excluding carboxylic acids is 1. The Morgan fingerprint density at radius 2 is 1.89 bits per heavy atom. The van der Waals surface area contributed by atoms with Crippen molar-refractivity contribution in [3.05, 3.63) is 68.3 Å². The SMILES string of the molecule is Cc1nc(SCC(=O)c2ccc(Br)cc2)c(C#N)c2c1[C@]1(C)CC[C@@H]3[C@H](CC=C4C[C@@H](O)CC[C@@]43C)[C@H]1C2. The van der Waals surface area contributed by atoms with E-state index in [9.17, 15) is 15.2 Å². The minimum atomic E-state index is -0.186. The molecule has 4 aliphatic rings. The van der Waals surface area contributed by atoms with E-state index in [0.717, 1.165) is 48.7 Å². The van der Waals surface area contributed by atoms with E-state index in [4.69, 9.17) is 4.98 Å². The molecule has 0 radical (unpaired) electrons. The molecule has 1 heterocycles.